The minimum Gasteiger partial charge on any atom is -0.496 e. The normalized spacial score (nSPS) is 10.8. The number of nitrogens with zero attached hydrogens (tertiary/aromatic N) is 1. The Morgan fingerprint density at radius 3 is 2.74 bits per heavy atom. The van der Waals surface area contributed by atoms with E-state index in [-0.39, 0.29) is 24.0 Å². The zero-order chi connectivity index (χ0) is 15.8. The van der Waals surface area contributed by atoms with Gasteiger partial charge in [-0.25, -0.2) is 4.99 Å². The predicted molar refractivity (Wildman–Crippen MR) is 109 cm³/mol. The first-order chi connectivity index (χ1) is 10.7. The largest absolute Gasteiger partial charge is 0.496 e. The van der Waals surface area contributed by atoms with Gasteiger partial charge < -0.3 is 15.4 Å². The maximum absolute atomic E-state index is 5.44. The van der Waals surface area contributed by atoms with E-state index < -0.39 is 0 Å². The second kappa shape index (κ2) is 10.5. The SMILES string of the molecule is CCNC(=NCc1ccsc1)NCc1ccc(C)cc1OC.I. The highest BCUT2D eigenvalue weighted by atomic mass is 127. The summed E-state index contributed by atoms with van der Waals surface area (Å²) in [6.07, 6.45) is 0. The van der Waals surface area contributed by atoms with Gasteiger partial charge in [-0.3, -0.25) is 0 Å². The van der Waals surface area contributed by atoms with E-state index in [0.717, 1.165) is 23.8 Å². The van der Waals surface area contributed by atoms with Crippen LogP contribution < -0.4 is 15.4 Å². The molecule has 23 heavy (non-hydrogen) atoms. The fourth-order valence-electron chi connectivity index (χ4n) is 2.07. The van der Waals surface area contributed by atoms with E-state index in [1.165, 1.54) is 11.1 Å². The first-order valence-electron chi connectivity index (χ1n) is 7.39. The number of guanidine groups is 1. The number of hydrogen-bond acceptors (Lipinski definition) is 3. The highest BCUT2D eigenvalue weighted by molar-refractivity contribution is 14.0. The molecule has 0 aliphatic carbocycles. The molecule has 1 heterocycles. The molecule has 2 N–H and O–H groups in total. The first kappa shape index (κ1) is 19.8. The summed E-state index contributed by atoms with van der Waals surface area (Å²) in [7, 11) is 1.70. The van der Waals surface area contributed by atoms with Crippen LogP contribution in [0, 0.1) is 6.92 Å². The van der Waals surface area contributed by atoms with E-state index in [1.807, 2.05) is 6.07 Å². The minimum absolute atomic E-state index is 0. The van der Waals surface area contributed by atoms with E-state index in [1.54, 1.807) is 18.4 Å². The lowest BCUT2D eigenvalue weighted by Gasteiger charge is -2.14. The summed E-state index contributed by atoms with van der Waals surface area (Å²) in [5, 5.41) is 10.8. The average Bonchev–Trinajstić information content (AvgIpc) is 3.04. The minimum atomic E-state index is 0. The second-order valence-corrected chi connectivity index (χ2v) is 5.78. The fraction of sp³-hybridized carbons (Fsp3) is 0.353. The molecule has 1 aromatic carbocycles. The van der Waals surface area contributed by atoms with E-state index in [4.69, 9.17) is 4.74 Å². The molecule has 1 aromatic heterocycles. The van der Waals surface area contributed by atoms with Gasteiger partial charge in [-0.15, -0.1) is 24.0 Å². The van der Waals surface area contributed by atoms with Gasteiger partial charge in [0.1, 0.15) is 5.75 Å². The van der Waals surface area contributed by atoms with Crippen molar-refractivity contribution in [1.29, 1.82) is 0 Å². The van der Waals surface area contributed by atoms with Crippen molar-refractivity contribution in [2.24, 2.45) is 4.99 Å². The maximum Gasteiger partial charge on any atom is 0.191 e. The van der Waals surface area contributed by atoms with Crippen LogP contribution >= 0.6 is 35.3 Å². The maximum atomic E-state index is 5.44. The molecule has 6 heteroatoms. The highest BCUT2D eigenvalue weighted by Crippen LogP contribution is 2.19. The Hall–Kier alpha value is -1.28. The Labute approximate surface area is 159 Å². The molecule has 2 aromatic rings. The molecule has 126 valence electrons. The van der Waals surface area contributed by atoms with Crippen LogP contribution in [0.2, 0.25) is 0 Å². The number of nitrogens with one attached hydrogen (secondary N) is 2. The standard InChI is InChI=1S/C17H23N3OS.HI/c1-4-18-17(19-10-14-7-8-22-12-14)20-11-15-6-5-13(2)9-16(15)21-3;/h5-9,12H,4,10-11H2,1-3H3,(H2,18,19,20);1H. The molecule has 0 radical (unpaired) electrons. The van der Waals surface area contributed by atoms with Crippen molar-refractivity contribution >= 4 is 41.3 Å². The van der Waals surface area contributed by atoms with Crippen LogP contribution in [0.25, 0.3) is 0 Å². The van der Waals surface area contributed by atoms with E-state index in [9.17, 15) is 0 Å². The third-order valence-electron chi connectivity index (χ3n) is 3.23. The van der Waals surface area contributed by atoms with Gasteiger partial charge in [0.15, 0.2) is 5.96 Å². The molecule has 0 spiro atoms. The topological polar surface area (TPSA) is 45.7 Å². The lowest BCUT2D eigenvalue weighted by atomic mass is 10.1. The Balaban J connectivity index is 0.00000264. The van der Waals surface area contributed by atoms with Crippen molar-refractivity contribution in [3.8, 4) is 5.75 Å². The van der Waals surface area contributed by atoms with Gasteiger partial charge >= 0.3 is 0 Å². The number of aryl methyl sites for hydroxylation is 1. The summed E-state index contributed by atoms with van der Waals surface area (Å²) in [5.74, 6) is 1.72. The van der Waals surface area contributed by atoms with Gasteiger partial charge in [0.2, 0.25) is 0 Å². The molecule has 0 atom stereocenters. The number of ether oxygens (including phenoxy) is 1. The van der Waals surface area contributed by atoms with Gasteiger partial charge in [0.05, 0.1) is 13.7 Å². The number of thiophene rings is 1. The summed E-state index contributed by atoms with van der Waals surface area (Å²) < 4.78 is 5.44. The van der Waals surface area contributed by atoms with E-state index in [2.05, 4.69) is 58.4 Å². The Morgan fingerprint density at radius 2 is 2.09 bits per heavy atom. The highest BCUT2D eigenvalue weighted by Gasteiger charge is 2.04. The van der Waals surface area contributed by atoms with Crippen molar-refractivity contribution in [3.05, 3.63) is 51.7 Å². The van der Waals surface area contributed by atoms with Crippen LogP contribution in [-0.4, -0.2) is 19.6 Å². The second-order valence-electron chi connectivity index (χ2n) is 5.00. The van der Waals surface area contributed by atoms with Gasteiger partial charge in [-0.2, -0.15) is 11.3 Å². The number of halogens is 1. The summed E-state index contributed by atoms with van der Waals surface area (Å²) in [6, 6.07) is 8.33. The number of benzene rings is 1. The van der Waals surface area contributed by atoms with Gasteiger partial charge in [0, 0.05) is 18.7 Å². The van der Waals surface area contributed by atoms with Crippen LogP contribution in [0.3, 0.4) is 0 Å². The van der Waals surface area contributed by atoms with Gasteiger partial charge in [-0.1, -0.05) is 12.1 Å². The molecular weight excluding hydrogens is 421 g/mol. The average molecular weight is 445 g/mol. The summed E-state index contributed by atoms with van der Waals surface area (Å²) >= 11 is 1.69. The molecule has 0 fully saturated rings. The van der Waals surface area contributed by atoms with Crippen LogP contribution in [0.5, 0.6) is 5.75 Å². The zero-order valence-corrected chi connectivity index (χ0v) is 16.9. The number of aliphatic imine (C=N–C) groups is 1. The number of hydrogen-bond donors (Lipinski definition) is 2. The predicted octanol–water partition coefficient (Wildman–Crippen LogP) is 3.94. The van der Waals surface area contributed by atoms with Crippen LogP contribution in [0.1, 0.15) is 23.6 Å². The monoisotopic (exact) mass is 445 g/mol. The summed E-state index contributed by atoms with van der Waals surface area (Å²) in [6.45, 7) is 6.32. The quantitative estimate of drug-likeness (QED) is 0.402. The lowest BCUT2D eigenvalue weighted by molar-refractivity contribution is 0.408. The molecule has 0 unspecified atom stereocenters. The third kappa shape index (κ3) is 6.39. The molecule has 0 aliphatic heterocycles. The molecular formula is C17H24IN3OS. The first-order valence-corrected chi connectivity index (χ1v) is 8.34. The molecule has 0 amide bonds. The Bertz CT molecular complexity index is 614. The van der Waals surface area contributed by atoms with Crippen LogP contribution in [0.4, 0.5) is 0 Å². The Morgan fingerprint density at radius 1 is 1.26 bits per heavy atom. The molecule has 4 nitrogen and oxygen atoms in total. The Kier molecular flexibility index (Phi) is 9.01. The van der Waals surface area contributed by atoms with Crippen molar-refractivity contribution in [2.45, 2.75) is 26.9 Å². The molecule has 0 saturated carbocycles. The van der Waals surface area contributed by atoms with E-state index >= 15 is 0 Å². The van der Waals surface area contributed by atoms with Crippen LogP contribution in [-0.2, 0) is 13.1 Å². The van der Waals surface area contributed by atoms with Crippen molar-refractivity contribution in [3.63, 3.8) is 0 Å². The molecule has 0 bridgehead atoms. The molecule has 0 aliphatic rings. The lowest BCUT2D eigenvalue weighted by Crippen LogP contribution is -2.36. The van der Waals surface area contributed by atoms with E-state index in [0.29, 0.717) is 13.1 Å². The van der Waals surface area contributed by atoms with Gasteiger partial charge in [0.25, 0.3) is 0 Å². The van der Waals surface area contributed by atoms with Crippen molar-refractivity contribution < 1.29 is 4.74 Å². The number of methoxy groups -OCH3 is 1. The van der Waals surface area contributed by atoms with Gasteiger partial charge in [-0.05, 0) is 47.9 Å². The van der Waals surface area contributed by atoms with Crippen LogP contribution in [0.15, 0.2) is 40.0 Å². The fourth-order valence-corrected chi connectivity index (χ4v) is 2.73. The number of rotatable bonds is 6. The third-order valence-corrected chi connectivity index (χ3v) is 3.96. The zero-order valence-electron chi connectivity index (χ0n) is 13.8. The van der Waals surface area contributed by atoms with Crippen molar-refractivity contribution in [1.82, 2.24) is 10.6 Å². The molecule has 2 rings (SSSR count). The van der Waals surface area contributed by atoms with Crippen molar-refractivity contribution in [2.75, 3.05) is 13.7 Å². The smallest absolute Gasteiger partial charge is 0.191 e. The summed E-state index contributed by atoms with van der Waals surface area (Å²) in [4.78, 5) is 4.60. The molecule has 0 saturated heterocycles. The summed E-state index contributed by atoms with van der Waals surface area (Å²) in [5.41, 5.74) is 3.54.